The number of aliphatic hydroxyl groups excluding tert-OH is 1. The average molecular weight is 517 g/mol. The molecule has 0 aromatic heterocycles. The lowest BCUT2D eigenvalue weighted by atomic mass is 10.1. The zero-order chi connectivity index (χ0) is 26.9. The van der Waals surface area contributed by atoms with Crippen LogP contribution < -0.4 is 20.7 Å². The number of hydrogen-bond donors (Lipinski definition) is 3. The van der Waals surface area contributed by atoms with Crippen LogP contribution in [0, 0.1) is 0 Å². The quantitative estimate of drug-likeness (QED) is 0.495. The first-order chi connectivity index (χ1) is 17.6. The van der Waals surface area contributed by atoms with E-state index in [2.05, 4.69) is 15.0 Å². The number of amides is 3. The van der Waals surface area contributed by atoms with E-state index >= 15 is 0 Å². The summed E-state index contributed by atoms with van der Waals surface area (Å²) in [5.74, 6) is -2.49. The zero-order valence-electron chi connectivity index (χ0n) is 20.0. The van der Waals surface area contributed by atoms with Crippen molar-refractivity contribution in [2.75, 3.05) is 37.5 Å². The van der Waals surface area contributed by atoms with Crippen molar-refractivity contribution in [2.24, 2.45) is 10.7 Å². The first-order valence-corrected chi connectivity index (χ1v) is 11.2. The third-order valence-electron chi connectivity index (χ3n) is 5.87. The normalized spacial score (nSPS) is 17.8. The van der Waals surface area contributed by atoms with Crippen molar-refractivity contribution in [2.45, 2.75) is 25.4 Å². The van der Waals surface area contributed by atoms with Gasteiger partial charge in [0.15, 0.2) is 18.0 Å². The molecule has 0 spiro atoms. The summed E-state index contributed by atoms with van der Waals surface area (Å²) in [5.41, 5.74) is 7.39. The summed E-state index contributed by atoms with van der Waals surface area (Å²) in [6, 6.07) is 8.95. The molecule has 0 unspecified atom stereocenters. The molecule has 1 saturated heterocycles. The number of benzene rings is 2. The number of morpholine rings is 1. The summed E-state index contributed by atoms with van der Waals surface area (Å²) in [6.45, 7) is -3.12. The van der Waals surface area contributed by atoms with Crippen LogP contribution in [0.25, 0.3) is 0 Å². The zero-order valence-corrected chi connectivity index (χ0v) is 20.0. The molecule has 0 bridgehead atoms. The lowest BCUT2D eigenvalue weighted by Gasteiger charge is -2.35. The van der Waals surface area contributed by atoms with Crippen LogP contribution in [0.2, 0.25) is 0 Å². The monoisotopic (exact) mass is 517 g/mol. The highest BCUT2D eigenvalue weighted by molar-refractivity contribution is 6.07. The molecule has 3 amide bonds. The van der Waals surface area contributed by atoms with Crippen LogP contribution in [0.15, 0.2) is 41.4 Å². The number of rotatable bonds is 7. The Bertz CT molecular complexity index is 1270. The third kappa shape index (κ3) is 5.22. The summed E-state index contributed by atoms with van der Waals surface area (Å²) in [4.78, 5) is 44.9. The molecule has 2 aromatic carbocycles. The lowest BCUT2D eigenvalue weighted by Crippen LogP contribution is -2.55. The maximum Gasteiger partial charge on any atom is 0.387 e. The molecule has 0 saturated carbocycles. The fourth-order valence-electron chi connectivity index (χ4n) is 4.09. The van der Waals surface area contributed by atoms with Crippen molar-refractivity contribution in [3.63, 3.8) is 0 Å². The second kappa shape index (κ2) is 10.5. The molecule has 0 radical (unpaired) electrons. The maximum atomic E-state index is 13.3. The van der Waals surface area contributed by atoms with Gasteiger partial charge in [-0.25, -0.2) is 0 Å². The van der Waals surface area contributed by atoms with Crippen LogP contribution >= 0.6 is 0 Å². The Labute approximate surface area is 210 Å². The number of nitrogens with zero attached hydrogens (tertiary/aromatic N) is 3. The van der Waals surface area contributed by atoms with E-state index in [0.717, 1.165) is 16.0 Å². The highest BCUT2D eigenvalue weighted by Crippen LogP contribution is 2.36. The van der Waals surface area contributed by atoms with Gasteiger partial charge in [0, 0.05) is 31.9 Å². The minimum Gasteiger partial charge on any atom is -0.432 e. The number of anilines is 2. The molecule has 13 heteroatoms. The number of nitrogens with two attached hydrogens (primary N) is 1. The van der Waals surface area contributed by atoms with Crippen LogP contribution in [-0.4, -0.2) is 79.6 Å². The van der Waals surface area contributed by atoms with Gasteiger partial charge in [-0.2, -0.15) is 8.78 Å². The van der Waals surface area contributed by atoms with Gasteiger partial charge in [0.25, 0.3) is 17.7 Å². The number of hydrogen-bond acceptors (Lipinski definition) is 8. The summed E-state index contributed by atoms with van der Waals surface area (Å²) >= 11 is 0. The van der Waals surface area contributed by atoms with Crippen LogP contribution in [-0.2, 0) is 20.9 Å². The van der Waals surface area contributed by atoms with Gasteiger partial charge in [0.1, 0.15) is 5.84 Å². The molecule has 11 nitrogen and oxygen atoms in total. The third-order valence-corrected chi connectivity index (χ3v) is 5.87. The molecule has 196 valence electrons. The predicted molar refractivity (Wildman–Crippen MR) is 129 cm³/mol. The van der Waals surface area contributed by atoms with Crippen molar-refractivity contribution in [3.05, 3.63) is 53.1 Å². The Hall–Kier alpha value is -4.10. The number of ether oxygens (including phenoxy) is 2. The topological polar surface area (TPSA) is 147 Å². The second-order valence-corrected chi connectivity index (χ2v) is 8.52. The van der Waals surface area contributed by atoms with Crippen LogP contribution in [0.1, 0.15) is 21.5 Å². The number of aliphatic imine (C=N–C) groups is 1. The highest BCUT2D eigenvalue weighted by atomic mass is 19.3. The van der Waals surface area contributed by atoms with E-state index in [9.17, 15) is 28.3 Å². The maximum absolute atomic E-state index is 13.3. The molecule has 2 aliphatic rings. The van der Waals surface area contributed by atoms with E-state index in [4.69, 9.17) is 10.5 Å². The Kier molecular flexibility index (Phi) is 7.36. The molecule has 0 aliphatic carbocycles. The number of halogens is 2. The van der Waals surface area contributed by atoms with E-state index in [1.54, 1.807) is 18.2 Å². The Morgan fingerprint density at radius 2 is 2.05 bits per heavy atom. The molecule has 2 aromatic rings. The average Bonchev–Trinajstić information content (AvgIpc) is 3.23. The number of aliphatic hydroxyl groups is 1. The number of nitrogens with one attached hydrogen (secondary N) is 1. The summed E-state index contributed by atoms with van der Waals surface area (Å²) in [5, 5.41) is 13.2. The Balaban J connectivity index is 1.56. The number of carbonyl (C=O) groups is 3. The molecule has 37 heavy (non-hydrogen) atoms. The van der Waals surface area contributed by atoms with E-state index in [1.165, 1.54) is 37.2 Å². The van der Waals surface area contributed by atoms with Crippen LogP contribution in [0.5, 0.6) is 5.75 Å². The van der Waals surface area contributed by atoms with Gasteiger partial charge in [-0.15, -0.1) is 0 Å². The van der Waals surface area contributed by atoms with Crippen molar-refractivity contribution in [1.82, 2.24) is 4.90 Å². The number of fused-ring (bicyclic) bond motifs is 1. The Morgan fingerprint density at radius 3 is 2.76 bits per heavy atom. The van der Waals surface area contributed by atoms with E-state index in [-0.39, 0.29) is 24.4 Å². The molecule has 2 atom stereocenters. The van der Waals surface area contributed by atoms with Gasteiger partial charge in [-0.1, -0.05) is 6.07 Å². The molecule has 1 fully saturated rings. The van der Waals surface area contributed by atoms with Crippen molar-refractivity contribution in [1.29, 1.82) is 0 Å². The fraction of sp³-hybridized carbons (Fsp3) is 0.333. The van der Waals surface area contributed by atoms with Gasteiger partial charge in [-0.05, 0) is 35.9 Å². The molecule has 4 N–H and O–H groups in total. The lowest BCUT2D eigenvalue weighted by molar-refractivity contribution is -0.150. The molecule has 4 rings (SSSR count). The number of para-hydroxylation sites is 1. The van der Waals surface area contributed by atoms with Gasteiger partial charge in [-0.3, -0.25) is 19.4 Å². The number of carbonyl (C=O) groups excluding carboxylic acids is 3. The van der Waals surface area contributed by atoms with E-state index in [1.807, 2.05) is 0 Å². The minimum atomic E-state index is -3.27. The molecule has 2 heterocycles. The summed E-state index contributed by atoms with van der Waals surface area (Å²) in [6.07, 6.45) is -3.55. The van der Waals surface area contributed by atoms with Gasteiger partial charge in [0.2, 0.25) is 0 Å². The van der Waals surface area contributed by atoms with Gasteiger partial charge < -0.3 is 35.4 Å². The van der Waals surface area contributed by atoms with Crippen molar-refractivity contribution in [3.8, 4) is 5.75 Å². The van der Waals surface area contributed by atoms with E-state index in [0.29, 0.717) is 18.1 Å². The first kappa shape index (κ1) is 26.0. The van der Waals surface area contributed by atoms with Crippen molar-refractivity contribution >= 4 is 34.9 Å². The van der Waals surface area contributed by atoms with Gasteiger partial charge >= 0.3 is 6.61 Å². The number of amidine groups is 1. The van der Waals surface area contributed by atoms with Crippen molar-refractivity contribution < 1.29 is 37.7 Å². The SMILES string of the molecule is CN(C)C(=O)c1cccc(N2CCO[C@H]([C@@H](O)C(=O)Nc3ccc4c(c3)CN=C4N)C2=O)c1OC(F)F. The minimum absolute atomic E-state index is 0.0882. The highest BCUT2D eigenvalue weighted by Gasteiger charge is 2.41. The molecular formula is C24H25F2N5O6. The predicted octanol–water partition coefficient (Wildman–Crippen LogP) is 0.940. The second-order valence-electron chi connectivity index (χ2n) is 8.52. The molecule has 2 aliphatic heterocycles. The standard InChI is InChI=1S/C24H25F2N5O6/c1-30(2)22(34)15-4-3-5-16(18(15)37-24(25)26)31-8-9-36-19(23(31)35)17(32)21(33)29-13-6-7-14-12(10-13)11-28-20(14)27/h3-7,10,17,19,24,32H,8-9,11H2,1-2H3,(H2,27,28)(H,29,33)/t17-,19-/m1/s1. The fourth-order valence-corrected chi connectivity index (χ4v) is 4.09. The van der Waals surface area contributed by atoms with E-state index < -0.39 is 42.3 Å². The smallest absolute Gasteiger partial charge is 0.387 e. The van der Waals surface area contributed by atoms with Crippen LogP contribution in [0.4, 0.5) is 20.2 Å². The number of alkyl halides is 2. The van der Waals surface area contributed by atoms with Gasteiger partial charge in [0.05, 0.1) is 24.4 Å². The van der Waals surface area contributed by atoms with Crippen LogP contribution in [0.3, 0.4) is 0 Å². The molecular weight excluding hydrogens is 492 g/mol. The largest absolute Gasteiger partial charge is 0.432 e. The Morgan fingerprint density at radius 1 is 1.30 bits per heavy atom. The first-order valence-electron chi connectivity index (χ1n) is 11.2. The summed E-state index contributed by atoms with van der Waals surface area (Å²) < 4.78 is 36.5. The summed E-state index contributed by atoms with van der Waals surface area (Å²) in [7, 11) is 2.88.